The molecule has 0 unspecified atom stereocenters. The molecule has 0 aromatic carbocycles. The number of halogens is 1. The summed E-state index contributed by atoms with van der Waals surface area (Å²) in [4.78, 5) is 21.7. The summed E-state index contributed by atoms with van der Waals surface area (Å²) in [5.74, 6) is -0.645. The van der Waals surface area contributed by atoms with Gasteiger partial charge in [0.1, 0.15) is 0 Å². The quantitative estimate of drug-likeness (QED) is 0.459. The second-order valence-electron chi connectivity index (χ2n) is 2.26. The highest BCUT2D eigenvalue weighted by molar-refractivity contribution is 9.09. The lowest BCUT2D eigenvalue weighted by Gasteiger charge is -2.02. The Morgan fingerprint density at radius 2 is 2.15 bits per heavy atom. The zero-order valence-electron chi connectivity index (χ0n) is 7.59. The van der Waals surface area contributed by atoms with Gasteiger partial charge < -0.3 is 10.1 Å². The predicted molar refractivity (Wildman–Crippen MR) is 52.3 cm³/mol. The summed E-state index contributed by atoms with van der Waals surface area (Å²) >= 11 is 2.98. The van der Waals surface area contributed by atoms with Crippen LogP contribution in [0.1, 0.15) is 13.8 Å². The van der Waals surface area contributed by atoms with Crippen LogP contribution in [0.2, 0.25) is 0 Å². The van der Waals surface area contributed by atoms with Crippen molar-refractivity contribution < 1.29 is 14.3 Å². The van der Waals surface area contributed by atoms with Gasteiger partial charge in [-0.3, -0.25) is 4.79 Å². The molecule has 0 aliphatic heterocycles. The second-order valence-corrected chi connectivity index (χ2v) is 2.82. The first kappa shape index (κ1) is 12.2. The van der Waals surface area contributed by atoms with Gasteiger partial charge >= 0.3 is 5.97 Å². The van der Waals surface area contributed by atoms with E-state index in [2.05, 4.69) is 26.0 Å². The Balaban J connectivity index is 4.01. The van der Waals surface area contributed by atoms with Gasteiger partial charge in [0.15, 0.2) is 0 Å². The first-order valence-electron chi connectivity index (χ1n) is 3.81. The summed E-state index contributed by atoms with van der Waals surface area (Å²) in [6.45, 7) is 3.67. The van der Waals surface area contributed by atoms with Crippen LogP contribution in [0.4, 0.5) is 0 Å². The molecule has 0 bridgehead atoms. The average Bonchev–Trinajstić information content (AvgIpc) is 2.04. The summed E-state index contributed by atoms with van der Waals surface area (Å²) < 4.78 is 4.65. The Morgan fingerprint density at radius 1 is 1.54 bits per heavy atom. The Bertz CT molecular complexity index is 225. The number of carbonyl (C=O) groups is 2. The SMILES string of the molecule is CCOC(=O)/C=C(/C)NC(=O)CBr. The Hall–Kier alpha value is -0.840. The van der Waals surface area contributed by atoms with Gasteiger partial charge in [0.05, 0.1) is 11.9 Å². The number of hydrogen-bond donors (Lipinski definition) is 1. The van der Waals surface area contributed by atoms with Crippen molar-refractivity contribution in [1.29, 1.82) is 0 Å². The Kier molecular flexibility index (Phi) is 6.22. The molecule has 5 heteroatoms. The third-order valence-corrected chi connectivity index (χ3v) is 1.59. The maximum absolute atomic E-state index is 10.9. The molecule has 13 heavy (non-hydrogen) atoms. The molecule has 0 heterocycles. The first-order valence-corrected chi connectivity index (χ1v) is 4.93. The molecule has 0 aliphatic rings. The number of alkyl halides is 1. The average molecular weight is 250 g/mol. The number of ether oxygens (including phenoxy) is 1. The summed E-state index contributed by atoms with van der Waals surface area (Å²) in [6, 6.07) is 0. The van der Waals surface area contributed by atoms with Gasteiger partial charge in [-0.05, 0) is 13.8 Å². The molecular weight excluding hydrogens is 238 g/mol. The molecule has 1 amide bonds. The van der Waals surface area contributed by atoms with Crippen LogP contribution in [0, 0.1) is 0 Å². The summed E-state index contributed by atoms with van der Waals surface area (Å²) in [6.07, 6.45) is 1.24. The molecule has 0 aromatic heterocycles. The van der Waals surface area contributed by atoms with Crippen LogP contribution in [-0.2, 0) is 14.3 Å². The molecule has 0 spiro atoms. The van der Waals surface area contributed by atoms with E-state index in [9.17, 15) is 9.59 Å². The molecular formula is C8H12BrNO3. The van der Waals surface area contributed by atoms with E-state index in [0.717, 1.165) is 0 Å². The lowest BCUT2D eigenvalue weighted by Crippen LogP contribution is -2.22. The van der Waals surface area contributed by atoms with E-state index >= 15 is 0 Å². The number of nitrogens with one attached hydrogen (secondary N) is 1. The Labute approximate surface area is 85.5 Å². The van der Waals surface area contributed by atoms with Gasteiger partial charge in [-0.1, -0.05) is 15.9 Å². The normalized spacial score (nSPS) is 10.8. The third-order valence-electron chi connectivity index (χ3n) is 1.08. The van der Waals surface area contributed by atoms with Crippen LogP contribution in [0.3, 0.4) is 0 Å². The monoisotopic (exact) mass is 249 g/mol. The van der Waals surface area contributed by atoms with Crippen molar-refractivity contribution >= 4 is 27.8 Å². The fourth-order valence-electron chi connectivity index (χ4n) is 0.650. The van der Waals surface area contributed by atoms with Crippen molar-refractivity contribution in [2.75, 3.05) is 11.9 Å². The summed E-state index contributed by atoms with van der Waals surface area (Å²) in [5, 5.41) is 2.70. The standard InChI is InChI=1S/C8H12BrNO3/c1-3-13-8(12)4-6(2)10-7(11)5-9/h4H,3,5H2,1-2H3,(H,10,11)/b6-4-. The topological polar surface area (TPSA) is 55.4 Å². The maximum Gasteiger partial charge on any atom is 0.332 e. The van der Waals surface area contributed by atoms with Crippen LogP contribution in [0.5, 0.6) is 0 Å². The van der Waals surface area contributed by atoms with E-state index in [4.69, 9.17) is 0 Å². The number of esters is 1. The molecule has 0 atom stereocenters. The van der Waals surface area contributed by atoms with Gasteiger partial charge in [0.25, 0.3) is 0 Å². The van der Waals surface area contributed by atoms with Gasteiger partial charge in [0, 0.05) is 11.8 Å². The molecule has 0 aliphatic carbocycles. The number of hydrogen-bond acceptors (Lipinski definition) is 3. The molecule has 74 valence electrons. The third kappa shape index (κ3) is 6.33. The van der Waals surface area contributed by atoms with Crippen molar-refractivity contribution in [2.24, 2.45) is 0 Å². The largest absolute Gasteiger partial charge is 0.463 e. The van der Waals surface area contributed by atoms with Crippen LogP contribution >= 0.6 is 15.9 Å². The lowest BCUT2D eigenvalue weighted by atomic mass is 10.4. The van der Waals surface area contributed by atoms with Crippen molar-refractivity contribution in [1.82, 2.24) is 5.32 Å². The highest BCUT2D eigenvalue weighted by atomic mass is 79.9. The minimum Gasteiger partial charge on any atom is -0.463 e. The van der Waals surface area contributed by atoms with Crippen LogP contribution in [-0.4, -0.2) is 23.8 Å². The lowest BCUT2D eigenvalue weighted by molar-refractivity contribution is -0.137. The van der Waals surface area contributed by atoms with Crippen LogP contribution in [0.25, 0.3) is 0 Å². The van der Waals surface area contributed by atoms with Crippen LogP contribution < -0.4 is 5.32 Å². The number of amides is 1. The molecule has 0 fully saturated rings. The number of allylic oxidation sites excluding steroid dienone is 1. The maximum atomic E-state index is 10.9. The van der Waals surface area contributed by atoms with Crippen molar-refractivity contribution in [2.45, 2.75) is 13.8 Å². The van der Waals surface area contributed by atoms with Crippen LogP contribution in [0.15, 0.2) is 11.8 Å². The molecule has 0 radical (unpaired) electrons. The van der Waals surface area contributed by atoms with Gasteiger partial charge in [0.2, 0.25) is 5.91 Å². The number of rotatable bonds is 4. The smallest absolute Gasteiger partial charge is 0.332 e. The van der Waals surface area contributed by atoms with Crippen molar-refractivity contribution in [3.63, 3.8) is 0 Å². The highest BCUT2D eigenvalue weighted by Crippen LogP contribution is 1.90. The molecule has 0 saturated heterocycles. The van der Waals surface area contributed by atoms with E-state index in [1.165, 1.54) is 6.08 Å². The fourth-order valence-corrected chi connectivity index (χ4v) is 0.790. The highest BCUT2D eigenvalue weighted by Gasteiger charge is 2.01. The Morgan fingerprint density at radius 3 is 2.62 bits per heavy atom. The van der Waals surface area contributed by atoms with Crippen molar-refractivity contribution in [3.8, 4) is 0 Å². The summed E-state index contributed by atoms with van der Waals surface area (Å²) in [5.41, 5.74) is 0.475. The first-order chi connectivity index (χ1) is 6.10. The van der Waals surface area contributed by atoms with E-state index < -0.39 is 5.97 Å². The zero-order chi connectivity index (χ0) is 10.3. The van der Waals surface area contributed by atoms with Crippen molar-refractivity contribution in [3.05, 3.63) is 11.8 Å². The van der Waals surface area contributed by atoms with Gasteiger partial charge in [-0.25, -0.2) is 4.79 Å². The van der Waals surface area contributed by atoms with E-state index in [1.807, 2.05) is 0 Å². The number of carbonyl (C=O) groups excluding carboxylic acids is 2. The van der Waals surface area contributed by atoms with Gasteiger partial charge in [-0.2, -0.15) is 0 Å². The molecule has 0 saturated carbocycles. The fraction of sp³-hybridized carbons (Fsp3) is 0.500. The van der Waals surface area contributed by atoms with Gasteiger partial charge in [-0.15, -0.1) is 0 Å². The molecule has 0 aromatic rings. The minimum atomic E-state index is -0.449. The predicted octanol–water partition coefficient (Wildman–Crippen LogP) is 0.964. The minimum absolute atomic E-state index is 0.196. The zero-order valence-corrected chi connectivity index (χ0v) is 9.18. The molecule has 4 nitrogen and oxygen atoms in total. The van der Waals surface area contributed by atoms with E-state index in [-0.39, 0.29) is 11.2 Å². The van der Waals surface area contributed by atoms with E-state index in [1.54, 1.807) is 13.8 Å². The summed E-state index contributed by atoms with van der Waals surface area (Å²) in [7, 11) is 0. The molecule has 1 N–H and O–H groups in total. The molecule has 0 rings (SSSR count). The van der Waals surface area contributed by atoms with E-state index in [0.29, 0.717) is 12.3 Å². The second kappa shape index (κ2) is 6.65.